The lowest BCUT2D eigenvalue weighted by Crippen LogP contribution is -2.19. The fourth-order valence-corrected chi connectivity index (χ4v) is 1.38. The smallest absolute Gasteiger partial charge is 0.230 e. The maximum absolute atomic E-state index is 5.61. The Kier molecular flexibility index (Phi) is 5.12. The van der Waals surface area contributed by atoms with Crippen LogP contribution in [-0.2, 0) is 13.0 Å². The molecule has 1 heterocycles. The standard InChI is InChI=1S/C13H25N3O/c1-6-7-14-9-12-16-15-11(17-12)8-10(2)13(3,4)5/h10,14H,6-9H2,1-5H3. The first kappa shape index (κ1) is 14.2. The minimum atomic E-state index is 0.273. The summed E-state index contributed by atoms with van der Waals surface area (Å²) < 4.78 is 5.61. The van der Waals surface area contributed by atoms with Crippen molar-refractivity contribution < 1.29 is 4.42 Å². The van der Waals surface area contributed by atoms with Gasteiger partial charge in [-0.2, -0.15) is 0 Å². The summed E-state index contributed by atoms with van der Waals surface area (Å²) in [4.78, 5) is 0. The van der Waals surface area contributed by atoms with E-state index in [2.05, 4.69) is 50.1 Å². The zero-order valence-corrected chi connectivity index (χ0v) is 11.7. The molecule has 4 nitrogen and oxygen atoms in total. The van der Waals surface area contributed by atoms with Gasteiger partial charge in [0.05, 0.1) is 6.54 Å². The molecular formula is C13H25N3O. The van der Waals surface area contributed by atoms with Crippen LogP contribution in [-0.4, -0.2) is 16.7 Å². The quantitative estimate of drug-likeness (QED) is 0.776. The molecule has 0 saturated carbocycles. The minimum absolute atomic E-state index is 0.273. The van der Waals surface area contributed by atoms with Gasteiger partial charge >= 0.3 is 0 Å². The number of aromatic nitrogens is 2. The van der Waals surface area contributed by atoms with Crippen LogP contribution in [0.5, 0.6) is 0 Å². The molecule has 0 amide bonds. The lowest BCUT2D eigenvalue weighted by Gasteiger charge is -2.25. The van der Waals surface area contributed by atoms with E-state index in [9.17, 15) is 0 Å². The first-order valence-corrected chi connectivity index (χ1v) is 6.45. The normalized spacial score (nSPS) is 13.9. The van der Waals surface area contributed by atoms with Crippen molar-refractivity contribution in [1.82, 2.24) is 15.5 Å². The highest BCUT2D eigenvalue weighted by Gasteiger charge is 2.22. The topological polar surface area (TPSA) is 51.0 Å². The highest BCUT2D eigenvalue weighted by molar-refractivity contribution is 4.86. The van der Waals surface area contributed by atoms with E-state index in [4.69, 9.17) is 4.42 Å². The second kappa shape index (κ2) is 6.15. The highest BCUT2D eigenvalue weighted by atomic mass is 16.4. The van der Waals surface area contributed by atoms with E-state index in [1.807, 2.05) is 0 Å². The summed E-state index contributed by atoms with van der Waals surface area (Å²) in [6, 6.07) is 0. The summed E-state index contributed by atoms with van der Waals surface area (Å²) in [5.41, 5.74) is 0.273. The Labute approximate surface area is 104 Å². The number of hydrogen-bond acceptors (Lipinski definition) is 4. The lowest BCUT2D eigenvalue weighted by atomic mass is 9.80. The molecule has 1 atom stereocenters. The maximum Gasteiger partial charge on any atom is 0.230 e. The van der Waals surface area contributed by atoms with E-state index in [1.54, 1.807) is 0 Å². The molecule has 0 bridgehead atoms. The molecule has 4 heteroatoms. The summed E-state index contributed by atoms with van der Waals surface area (Å²) >= 11 is 0. The zero-order valence-electron chi connectivity index (χ0n) is 11.7. The molecule has 0 aliphatic heterocycles. The van der Waals surface area contributed by atoms with Gasteiger partial charge < -0.3 is 9.73 Å². The van der Waals surface area contributed by atoms with Crippen LogP contribution in [0, 0.1) is 11.3 Å². The Hall–Kier alpha value is -0.900. The van der Waals surface area contributed by atoms with Crippen molar-refractivity contribution in [3.05, 3.63) is 11.8 Å². The molecule has 1 unspecified atom stereocenters. The van der Waals surface area contributed by atoms with Crippen LogP contribution in [0.1, 0.15) is 52.8 Å². The van der Waals surface area contributed by atoms with Gasteiger partial charge in [-0.25, -0.2) is 0 Å². The second-order valence-corrected chi connectivity index (χ2v) is 5.74. The van der Waals surface area contributed by atoms with Crippen LogP contribution >= 0.6 is 0 Å². The van der Waals surface area contributed by atoms with E-state index in [-0.39, 0.29) is 5.41 Å². The number of rotatable bonds is 6. The number of nitrogens with one attached hydrogen (secondary N) is 1. The van der Waals surface area contributed by atoms with Gasteiger partial charge in [0.25, 0.3) is 0 Å². The van der Waals surface area contributed by atoms with Gasteiger partial charge in [-0.05, 0) is 24.3 Å². The predicted octanol–water partition coefficient (Wildman–Crippen LogP) is 2.79. The van der Waals surface area contributed by atoms with Crippen molar-refractivity contribution in [2.75, 3.05) is 6.54 Å². The summed E-state index contributed by atoms with van der Waals surface area (Å²) in [5, 5.41) is 11.4. The van der Waals surface area contributed by atoms with E-state index in [0.29, 0.717) is 18.4 Å². The Morgan fingerprint density at radius 1 is 1.24 bits per heavy atom. The van der Waals surface area contributed by atoms with Crippen molar-refractivity contribution >= 4 is 0 Å². The molecule has 0 aliphatic carbocycles. The van der Waals surface area contributed by atoms with Gasteiger partial charge in [-0.1, -0.05) is 34.6 Å². The van der Waals surface area contributed by atoms with Gasteiger partial charge in [0.1, 0.15) is 0 Å². The van der Waals surface area contributed by atoms with E-state index < -0.39 is 0 Å². The number of hydrogen-bond donors (Lipinski definition) is 1. The molecule has 0 saturated heterocycles. The van der Waals surface area contributed by atoms with Gasteiger partial charge in [-0.3, -0.25) is 0 Å². The molecule has 1 aromatic heterocycles. The number of nitrogens with zero attached hydrogens (tertiary/aromatic N) is 2. The summed E-state index contributed by atoms with van der Waals surface area (Å²) in [6.07, 6.45) is 1.96. The van der Waals surface area contributed by atoms with Crippen LogP contribution < -0.4 is 5.32 Å². The van der Waals surface area contributed by atoms with Gasteiger partial charge in [0.2, 0.25) is 11.8 Å². The lowest BCUT2D eigenvalue weighted by molar-refractivity contribution is 0.243. The molecule has 1 aromatic rings. The van der Waals surface area contributed by atoms with Crippen LogP contribution in [0.4, 0.5) is 0 Å². The highest BCUT2D eigenvalue weighted by Crippen LogP contribution is 2.27. The average Bonchev–Trinajstić information content (AvgIpc) is 2.65. The Morgan fingerprint density at radius 2 is 1.88 bits per heavy atom. The van der Waals surface area contributed by atoms with E-state index in [1.165, 1.54) is 0 Å². The summed E-state index contributed by atoms with van der Waals surface area (Å²) in [6.45, 7) is 12.7. The Balaban J connectivity index is 2.45. The monoisotopic (exact) mass is 239 g/mol. The van der Waals surface area contributed by atoms with Crippen LogP contribution in [0.3, 0.4) is 0 Å². The SMILES string of the molecule is CCCNCc1nnc(CC(C)C(C)(C)C)o1. The first-order valence-electron chi connectivity index (χ1n) is 6.45. The molecule has 0 radical (unpaired) electrons. The third-order valence-corrected chi connectivity index (χ3v) is 3.17. The largest absolute Gasteiger partial charge is 0.424 e. The first-order chi connectivity index (χ1) is 7.93. The van der Waals surface area contributed by atoms with Crippen molar-refractivity contribution in [3.63, 3.8) is 0 Å². The molecule has 0 aromatic carbocycles. The van der Waals surface area contributed by atoms with Crippen LogP contribution in [0.15, 0.2) is 4.42 Å². The van der Waals surface area contributed by atoms with E-state index >= 15 is 0 Å². The molecule has 0 aliphatic rings. The van der Waals surface area contributed by atoms with E-state index in [0.717, 1.165) is 25.3 Å². The fraction of sp³-hybridized carbons (Fsp3) is 0.846. The Morgan fingerprint density at radius 3 is 2.47 bits per heavy atom. The van der Waals surface area contributed by atoms with Crippen molar-refractivity contribution in [3.8, 4) is 0 Å². The zero-order chi connectivity index (χ0) is 12.9. The molecular weight excluding hydrogens is 214 g/mol. The van der Waals surface area contributed by atoms with Crippen LogP contribution in [0.2, 0.25) is 0 Å². The summed E-state index contributed by atoms with van der Waals surface area (Å²) in [7, 11) is 0. The minimum Gasteiger partial charge on any atom is -0.424 e. The van der Waals surface area contributed by atoms with Crippen LogP contribution in [0.25, 0.3) is 0 Å². The van der Waals surface area contributed by atoms with Gasteiger partial charge in [-0.15, -0.1) is 10.2 Å². The van der Waals surface area contributed by atoms with Gasteiger partial charge in [0.15, 0.2) is 0 Å². The van der Waals surface area contributed by atoms with Gasteiger partial charge in [0, 0.05) is 6.42 Å². The molecule has 1 rings (SSSR count). The molecule has 0 spiro atoms. The fourth-order valence-electron chi connectivity index (χ4n) is 1.38. The molecule has 98 valence electrons. The predicted molar refractivity (Wildman–Crippen MR) is 68.6 cm³/mol. The third kappa shape index (κ3) is 4.86. The maximum atomic E-state index is 5.61. The van der Waals surface area contributed by atoms with Crippen molar-refractivity contribution in [2.45, 2.75) is 54.0 Å². The van der Waals surface area contributed by atoms with Crippen molar-refractivity contribution in [1.29, 1.82) is 0 Å². The average molecular weight is 239 g/mol. The molecule has 17 heavy (non-hydrogen) atoms. The second-order valence-electron chi connectivity index (χ2n) is 5.74. The molecule has 1 N–H and O–H groups in total. The third-order valence-electron chi connectivity index (χ3n) is 3.17. The molecule has 0 fully saturated rings. The van der Waals surface area contributed by atoms with Crippen molar-refractivity contribution in [2.24, 2.45) is 11.3 Å². The summed E-state index contributed by atoms with van der Waals surface area (Å²) in [5.74, 6) is 1.97. The Bertz CT molecular complexity index is 328.